The SMILES string of the molecule is CCCCc1cccc(C=C(CC)C(OC(C)=O)OC(C)=O)c1. The van der Waals surface area contributed by atoms with Crippen LogP contribution in [0.15, 0.2) is 29.8 Å². The van der Waals surface area contributed by atoms with E-state index in [4.69, 9.17) is 9.47 Å². The zero-order valence-corrected chi connectivity index (χ0v) is 14.4. The van der Waals surface area contributed by atoms with Gasteiger partial charge in [0.25, 0.3) is 6.29 Å². The number of carbonyl (C=O) groups excluding carboxylic acids is 2. The van der Waals surface area contributed by atoms with E-state index in [1.165, 1.54) is 19.4 Å². The molecule has 0 heterocycles. The van der Waals surface area contributed by atoms with Crippen LogP contribution in [-0.2, 0) is 25.5 Å². The second-order valence-corrected chi connectivity index (χ2v) is 5.47. The number of aryl methyl sites for hydroxylation is 1. The number of benzene rings is 1. The first-order chi connectivity index (χ1) is 11.0. The van der Waals surface area contributed by atoms with Gasteiger partial charge < -0.3 is 9.47 Å². The quantitative estimate of drug-likeness (QED) is 0.530. The first-order valence-corrected chi connectivity index (χ1v) is 8.10. The third-order valence-electron chi connectivity index (χ3n) is 3.38. The van der Waals surface area contributed by atoms with Gasteiger partial charge in [-0.15, -0.1) is 0 Å². The summed E-state index contributed by atoms with van der Waals surface area (Å²) < 4.78 is 10.3. The number of hydrogen-bond acceptors (Lipinski definition) is 4. The lowest BCUT2D eigenvalue weighted by molar-refractivity contribution is -0.178. The molecule has 0 saturated carbocycles. The Morgan fingerprint density at radius 2 is 1.78 bits per heavy atom. The zero-order chi connectivity index (χ0) is 17.2. The molecule has 1 aromatic carbocycles. The molecule has 0 fully saturated rings. The van der Waals surface area contributed by atoms with Crippen molar-refractivity contribution < 1.29 is 19.1 Å². The van der Waals surface area contributed by atoms with Gasteiger partial charge in [-0.25, -0.2) is 0 Å². The van der Waals surface area contributed by atoms with Crippen molar-refractivity contribution in [2.24, 2.45) is 0 Å². The molecule has 0 saturated heterocycles. The predicted molar refractivity (Wildman–Crippen MR) is 90.6 cm³/mol. The first kappa shape index (κ1) is 18.9. The molecule has 0 bridgehead atoms. The number of hydrogen-bond donors (Lipinski definition) is 0. The summed E-state index contributed by atoms with van der Waals surface area (Å²) in [7, 11) is 0. The largest absolute Gasteiger partial charge is 0.421 e. The van der Waals surface area contributed by atoms with Gasteiger partial charge in [0.2, 0.25) is 0 Å². The molecule has 4 nitrogen and oxygen atoms in total. The summed E-state index contributed by atoms with van der Waals surface area (Å²) in [5.74, 6) is -0.959. The van der Waals surface area contributed by atoms with E-state index in [-0.39, 0.29) is 0 Å². The van der Waals surface area contributed by atoms with E-state index in [2.05, 4.69) is 19.1 Å². The maximum absolute atomic E-state index is 11.2. The van der Waals surface area contributed by atoms with Crippen LogP contribution in [0.1, 0.15) is 58.1 Å². The standard InChI is InChI=1S/C19H26O4/c1-5-7-9-16-10-8-11-17(12-16)13-18(6-2)19(22-14(3)20)23-15(4)21/h8,10-13,19H,5-7,9H2,1-4H3. The summed E-state index contributed by atoms with van der Waals surface area (Å²) >= 11 is 0. The molecule has 0 N–H and O–H groups in total. The first-order valence-electron chi connectivity index (χ1n) is 8.10. The third kappa shape index (κ3) is 7.13. The van der Waals surface area contributed by atoms with E-state index in [0.717, 1.165) is 30.4 Å². The average molecular weight is 318 g/mol. The van der Waals surface area contributed by atoms with Crippen molar-refractivity contribution in [1.29, 1.82) is 0 Å². The summed E-state index contributed by atoms with van der Waals surface area (Å²) in [6.07, 6.45) is 4.92. The lowest BCUT2D eigenvalue weighted by atomic mass is 10.0. The van der Waals surface area contributed by atoms with Crippen molar-refractivity contribution in [3.05, 3.63) is 41.0 Å². The number of carbonyl (C=O) groups is 2. The molecule has 4 heteroatoms. The van der Waals surface area contributed by atoms with Gasteiger partial charge in [-0.2, -0.15) is 0 Å². The van der Waals surface area contributed by atoms with Crippen LogP contribution in [0.2, 0.25) is 0 Å². The molecule has 1 aromatic rings. The van der Waals surface area contributed by atoms with Gasteiger partial charge in [0.1, 0.15) is 0 Å². The van der Waals surface area contributed by atoms with Crippen molar-refractivity contribution in [3.8, 4) is 0 Å². The second kappa shape index (κ2) is 9.82. The van der Waals surface area contributed by atoms with Crippen LogP contribution in [0, 0.1) is 0 Å². The molecule has 1 rings (SSSR count). The van der Waals surface area contributed by atoms with Crippen molar-refractivity contribution in [3.63, 3.8) is 0 Å². The molecule has 0 aliphatic heterocycles. The summed E-state index contributed by atoms with van der Waals surface area (Å²) in [6, 6.07) is 8.22. The molecule has 0 amide bonds. The molecule has 0 aliphatic carbocycles. The fourth-order valence-electron chi connectivity index (χ4n) is 2.25. The second-order valence-electron chi connectivity index (χ2n) is 5.47. The van der Waals surface area contributed by atoms with E-state index in [0.29, 0.717) is 6.42 Å². The predicted octanol–water partition coefficient (Wildman–Crippen LogP) is 4.27. The Balaban J connectivity index is 3.02. The summed E-state index contributed by atoms with van der Waals surface area (Å²) in [6.45, 7) is 6.71. The molecule has 0 aliphatic rings. The summed E-state index contributed by atoms with van der Waals surface area (Å²) in [4.78, 5) is 22.5. The van der Waals surface area contributed by atoms with Crippen molar-refractivity contribution >= 4 is 18.0 Å². The van der Waals surface area contributed by atoms with Crippen LogP contribution in [-0.4, -0.2) is 18.2 Å². The highest BCUT2D eigenvalue weighted by atomic mass is 16.7. The highest BCUT2D eigenvalue weighted by Crippen LogP contribution is 2.19. The minimum Gasteiger partial charge on any atom is -0.421 e. The van der Waals surface area contributed by atoms with E-state index in [1.54, 1.807) is 0 Å². The topological polar surface area (TPSA) is 52.6 Å². The molecule has 126 valence electrons. The van der Waals surface area contributed by atoms with Crippen LogP contribution in [0.4, 0.5) is 0 Å². The van der Waals surface area contributed by atoms with E-state index < -0.39 is 18.2 Å². The van der Waals surface area contributed by atoms with Crippen LogP contribution >= 0.6 is 0 Å². The molecule has 0 unspecified atom stereocenters. The van der Waals surface area contributed by atoms with Crippen LogP contribution in [0.3, 0.4) is 0 Å². The van der Waals surface area contributed by atoms with Crippen LogP contribution < -0.4 is 0 Å². The zero-order valence-electron chi connectivity index (χ0n) is 14.4. The number of esters is 2. The molecule has 0 spiro atoms. The summed E-state index contributed by atoms with van der Waals surface area (Å²) in [5.41, 5.74) is 3.04. The lowest BCUT2D eigenvalue weighted by Crippen LogP contribution is -2.24. The fourth-order valence-corrected chi connectivity index (χ4v) is 2.25. The maximum atomic E-state index is 11.2. The molecular weight excluding hydrogens is 292 g/mol. The Morgan fingerprint density at radius 3 is 2.30 bits per heavy atom. The smallest absolute Gasteiger partial charge is 0.305 e. The van der Waals surface area contributed by atoms with Gasteiger partial charge in [-0.05, 0) is 36.5 Å². The number of ether oxygens (including phenoxy) is 2. The lowest BCUT2D eigenvalue weighted by Gasteiger charge is -2.19. The maximum Gasteiger partial charge on any atom is 0.305 e. The van der Waals surface area contributed by atoms with Gasteiger partial charge in [-0.1, -0.05) is 44.5 Å². The van der Waals surface area contributed by atoms with Crippen molar-refractivity contribution in [2.45, 2.75) is 59.7 Å². The van der Waals surface area contributed by atoms with Gasteiger partial charge >= 0.3 is 11.9 Å². The van der Waals surface area contributed by atoms with Gasteiger partial charge in [-0.3, -0.25) is 9.59 Å². The van der Waals surface area contributed by atoms with Crippen molar-refractivity contribution in [2.75, 3.05) is 0 Å². The molecule has 23 heavy (non-hydrogen) atoms. The Labute approximate surface area is 138 Å². The highest BCUT2D eigenvalue weighted by molar-refractivity contribution is 5.69. The van der Waals surface area contributed by atoms with Gasteiger partial charge in [0.05, 0.1) is 0 Å². The molecular formula is C19H26O4. The molecule has 0 atom stereocenters. The number of unbranched alkanes of at least 4 members (excludes halogenated alkanes) is 1. The Hall–Kier alpha value is -2.10. The van der Waals surface area contributed by atoms with Crippen LogP contribution in [0.5, 0.6) is 0 Å². The monoisotopic (exact) mass is 318 g/mol. The van der Waals surface area contributed by atoms with E-state index in [9.17, 15) is 9.59 Å². The fraction of sp³-hybridized carbons (Fsp3) is 0.474. The number of rotatable bonds is 8. The molecule has 0 aromatic heterocycles. The van der Waals surface area contributed by atoms with E-state index in [1.807, 2.05) is 25.1 Å². The molecule has 0 radical (unpaired) electrons. The van der Waals surface area contributed by atoms with Gasteiger partial charge in [0, 0.05) is 19.4 Å². The Kier molecular flexibility index (Phi) is 8.09. The Bertz CT molecular complexity index is 544. The minimum absolute atomic E-state index is 0.479. The summed E-state index contributed by atoms with van der Waals surface area (Å²) in [5, 5.41) is 0. The van der Waals surface area contributed by atoms with E-state index >= 15 is 0 Å². The van der Waals surface area contributed by atoms with Crippen LogP contribution in [0.25, 0.3) is 6.08 Å². The normalized spacial score (nSPS) is 11.4. The third-order valence-corrected chi connectivity index (χ3v) is 3.38. The van der Waals surface area contributed by atoms with Gasteiger partial charge in [0.15, 0.2) is 0 Å². The van der Waals surface area contributed by atoms with Crippen molar-refractivity contribution in [1.82, 2.24) is 0 Å². The average Bonchev–Trinajstić information content (AvgIpc) is 2.49. The highest BCUT2D eigenvalue weighted by Gasteiger charge is 2.19. The minimum atomic E-state index is -0.964. The Morgan fingerprint density at radius 1 is 1.13 bits per heavy atom.